The van der Waals surface area contributed by atoms with E-state index in [4.69, 9.17) is 16.3 Å². The molecule has 1 fully saturated rings. The van der Waals surface area contributed by atoms with Crippen LogP contribution in [-0.4, -0.2) is 43.1 Å². The molecule has 0 aliphatic carbocycles. The van der Waals surface area contributed by atoms with Crippen molar-refractivity contribution in [2.75, 3.05) is 38.2 Å². The fourth-order valence-electron chi connectivity index (χ4n) is 3.28. The number of nitro groups is 1. The second-order valence-corrected chi connectivity index (χ2v) is 6.88. The first kappa shape index (κ1) is 18.5. The maximum atomic E-state index is 10.8. The van der Waals surface area contributed by atoms with Gasteiger partial charge < -0.3 is 9.64 Å². The highest BCUT2D eigenvalue weighted by Gasteiger charge is 2.21. The first-order chi connectivity index (χ1) is 12.5. The van der Waals surface area contributed by atoms with Crippen LogP contribution in [-0.2, 0) is 6.54 Å². The second-order valence-electron chi connectivity index (χ2n) is 6.47. The summed E-state index contributed by atoms with van der Waals surface area (Å²) in [5.41, 5.74) is 3.28. The number of halogens is 1. The van der Waals surface area contributed by atoms with Crippen LogP contribution >= 0.6 is 11.6 Å². The zero-order valence-corrected chi connectivity index (χ0v) is 15.7. The van der Waals surface area contributed by atoms with Crippen LogP contribution in [0.15, 0.2) is 36.4 Å². The molecule has 0 N–H and O–H groups in total. The SMILES string of the molecule is COc1ccc(C)cc1CN1CCN(c2ccc([N+](=O)[O-])cc2Cl)CC1. The molecule has 26 heavy (non-hydrogen) atoms. The number of anilines is 1. The van der Waals surface area contributed by atoms with E-state index in [9.17, 15) is 10.1 Å². The van der Waals surface area contributed by atoms with Crippen LogP contribution in [0, 0.1) is 17.0 Å². The van der Waals surface area contributed by atoms with Crippen molar-refractivity contribution >= 4 is 23.0 Å². The number of methoxy groups -OCH3 is 1. The molecule has 138 valence electrons. The Hall–Kier alpha value is -2.31. The van der Waals surface area contributed by atoms with Crippen LogP contribution in [0.4, 0.5) is 11.4 Å². The molecule has 0 unspecified atom stereocenters. The standard InChI is InChI=1S/C19H22ClN3O3/c1-14-3-6-19(26-2)15(11-14)13-21-7-9-22(10-8-21)18-5-4-16(23(24)25)12-17(18)20/h3-6,11-12H,7-10,13H2,1-2H3. The Balaban J connectivity index is 1.65. The molecular weight excluding hydrogens is 354 g/mol. The smallest absolute Gasteiger partial charge is 0.271 e. The third kappa shape index (κ3) is 4.08. The summed E-state index contributed by atoms with van der Waals surface area (Å²) < 4.78 is 5.47. The van der Waals surface area contributed by atoms with Crippen LogP contribution in [0.25, 0.3) is 0 Å². The molecule has 0 atom stereocenters. The van der Waals surface area contributed by atoms with Gasteiger partial charge in [-0.25, -0.2) is 0 Å². The van der Waals surface area contributed by atoms with Crippen molar-refractivity contribution in [3.63, 3.8) is 0 Å². The van der Waals surface area contributed by atoms with Gasteiger partial charge in [-0.05, 0) is 19.1 Å². The number of aryl methyl sites for hydroxylation is 1. The Bertz CT molecular complexity index is 805. The number of nitro benzene ring substituents is 1. The van der Waals surface area contributed by atoms with Gasteiger partial charge in [0.1, 0.15) is 5.75 Å². The molecule has 2 aromatic carbocycles. The molecule has 1 aliphatic rings. The van der Waals surface area contributed by atoms with E-state index < -0.39 is 4.92 Å². The predicted octanol–water partition coefficient (Wildman–Crippen LogP) is 3.89. The molecule has 2 aromatic rings. The molecule has 0 bridgehead atoms. The molecular formula is C19H22ClN3O3. The van der Waals surface area contributed by atoms with Crippen molar-refractivity contribution < 1.29 is 9.66 Å². The lowest BCUT2D eigenvalue weighted by Gasteiger charge is -2.36. The van der Waals surface area contributed by atoms with Crippen molar-refractivity contribution in [1.82, 2.24) is 4.90 Å². The summed E-state index contributed by atoms with van der Waals surface area (Å²) in [5.74, 6) is 0.913. The summed E-state index contributed by atoms with van der Waals surface area (Å²) in [6.07, 6.45) is 0. The Labute approximate surface area is 158 Å². The number of ether oxygens (including phenoxy) is 1. The van der Waals surface area contributed by atoms with E-state index in [1.807, 2.05) is 6.07 Å². The van der Waals surface area contributed by atoms with Gasteiger partial charge in [-0.15, -0.1) is 0 Å². The van der Waals surface area contributed by atoms with Crippen LogP contribution in [0.3, 0.4) is 0 Å². The van der Waals surface area contributed by atoms with Gasteiger partial charge in [0, 0.05) is 50.4 Å². The molecule has 1 aliphatic heterocycles. The van der Waals surface area contributed by atoms with Gasteiger partial charge in [-0.2, -0.15) is 0 Å². The molecule has 1 saturated heterocycles. The topological polar surface area (TPSA) is 58.8 Å². The normalized spacial score (nSPS) is 15.1. The number of hydrogen-bond acceptors (Lipinski definition) is 5. The van der Waals surface area contributed by atoms with E-state index in [0.717, 1.165) is 44.2 Å². The average Bonchev–Trinajstić information content (AvgIpc) is 2.62. The molecule has 1 heterocycles. The highest BCUT2D eigenvalue weighted by atomic mass is 35.5. The maximum Gasteiger partial charge on any atom is 0.271 e. The Morgan fingerprint density at radius 1 is 1.15 bits per heavy atom. The minimum absolute atomic E-state index is 0.0175. The monoisotopic (exact) mass is 375 g/mol. The number of hydrogen-bond donors (Lipinski definition) is 0. The summed E-state index contributed by atoms with van der Waals surface area (Å²) >= 11 is 6.25. The fraction of sp³-hybridized carbons (Fsp3) is 0.368. The highest BCUT2D eigenvalue weighted by Crippen LogP contribution is 2.31. The van der Waals surface area contributed by atoms with Crippen molar-refractivity contribution in [2.24, 2.45) is 0 Å². The molecule has 0 saturated carbocycles. The van der Waals surface area contributed by atoms with E-state index in [1.54, 1.807) is 13.2 Å². The first-order valence-corrected chi connectivity index (χ1v) is 8.90. The van der Waals surface area contributed by atoms with Crippen LogP contribution < -0.4 is 9.64 Å². The third-order valence-corrected chi connectivity index (χ3v) is 4.99. The molecule has 6 nitrogen and oxygen atoms in total. The lowest BCUT2D eigenvalue weighted by Crippen LogP contribution is -2.46. The Kier molecular flexibility index (Phi) is 5.64. The van der Waals surface area contributed by atoms with Gasteiger partial charge in [-0.1, -0.05) is 29.3 Å². The molecule has 0 radical (unpaired) electrons. The van der Waals surface area contributed by atoms with E-state index in [-0.39, 0.29) is 5.69 Å². The Morgan fingerprint density at radius 2 is 1.88 bits per heavy atom. The number of piperazine rings is 1. The molecule has 0 amide bonds. The number of nitrogens with zero attached hydrogens (tertiary/aromatic N) is 3. The number of non-ortho nitro benzene ring substituents is 1. The van der Waals surface area contributed by atoms with E-state index in [2.05, 4.69) is 28.9 Å². The van der Waals surface area contributed by atoms with E-state index >= 15 is 0 Å². The lowest BCUT2D eigenvalue weighted by molar-refractivity contribution is -0.384. The van der Waals surface area contributed by atoms with E-state index in [0.29, 0.717) is 5.02 Å². The maximum absolute atomic E-state index is 10.8. The van der Waals surface area contributed by atoms with Crippen LogP contribution in [0.5, 0.6) is 5.75 Å². The predicted molar refractivity (Wildman–Crippen MR) is 103 cm³/mol. The molecule has 3 rings (SSSR count). The van der Waals surface area contributed by atoms with Crippen molar-refractivity contribution in [3.05, 3.63) is 62.7 Å². The minimum Gasteiger partial charge on any atom is -0.496 e. The lowest BCUT2D eigenvalue weighted by atomic mass is 10.1. The summed E-state index contributed by atoms with van der Waals surface area (Å²) in [7, 11) is 1.70. The van der Waals surface area contributed by atoms with E-state index in [1.165, 1.54) is 23.3 Å². The average molecular weight is 376 g/mol. The van der Waals surface area contributed by atoms with Gasteiger partial charge >= 0.3 is 0 Å². The summed E-state index contributed by atoms with van der Waals surface area (Å²) in [5, 5.41) is 11.3. The summed E-state index contributed by atoms with van der Waals surface area (Å²) in [4.78, 5) is 15.0. The largest absolute Gasteiger partial charge is 0.496 e. The second kappa shape index (κ2) is 7.93. The third-order valence-electron chi connectivity index (χ3n) is 4.68. The zero-order chi connectivity index (χ0) is 18.7. The van der Waals surface area contributed by atoms with Gasteiger partial charge in [-0.3, -0.25) is 15.0 Å². The molecule has 0 aromatic heterocycles. The van der Waals surface area contributed by atoms with Crippen LogP contribution in [0.2, 0.25) is 5.02 Å². The molecule has 0 spiro atoms. The quantitative estimate of drug-likeness (QED) is 0.586. The minimum atomic E-state index is -0.428. The summed E-state index contributed by atoms with van der Waals surface area (Å²) in [6.45, 7) is 6.36. The fourth-order valence-corrected chi connectivity index (χ4v) is 3.58. The highest BCUT2D eigenvalue weighted by molar-refractivity contribution is 6.33. The zero-order valence-electron chi connectivity index (χ0n) is 14.9. The van der Waals surface area contributed by atoms with Gasteiger partial charge in [0.2, 0.25) is 0 Å². The number of rotatable bonds is 5. The molecule has 7 heteroatoms. The number of benzene rings is 2. The first-order valence-electron chi connectivity index (χ1n) is 8.52. The van der Waals surface area contributed by atoms with Crippen LogP contribution in [0.1, 0.15) is 11.1 Å². The van der Waals surface area contributed by atoms with Gasteiger partial charge in [0.05, 0.1) is 22.7 Å². The van der Waals surface area contributed by atoms with Crippen molar-refractivity contribution in [2.45, 2.75) is 13.5 Å². The van der Waals surface area contributed by atoms with Crippen molar-refractivity contribution in [3.8, 4) is 5.75 Å². The Morgan fingerprint density at radius 3 is 2.50 bits per heavy atom. The van der Waals surface area contributed by atoms with Gasteiger partial charge in [0.25, 0.3) is 5.69 Å². The summed E-state index contributed by atoms with van der Waals surface area (Å²) in [6, 6.07) is 10.9. The van der Waals surface area contributed by atoms with Gasteiger partial charge in [0.15, 0.2) is 0 Å². The van der Waals surface area contributed by atoms with Crippen molar-refractivity contribution in [1.29, 1.82) is 0 Å².